The summed E-state index contributed by atoms with van der Waals surface area (Å²) in [5.41, 5.74) is 1.05. The van der Waals surface area contributed by atoms with Crippen LogP contribution in [0.3, 0.4) is 0 Å². The third kappa shape index (κ3) is 4.66. The Kier molecular flexibility index (Phi) is 6.53. The zero-order valence-corrected chi connectivity index (χ0v) is 19.2. The van der Waals surface area contributed by atoms with Crippen molar-refractivity contribution in [3.8, 4) is 0 Å². The summed E-state index contributed by atoms with van der Waals surface area (Å²) in [6.07, 6.45) is 0.465. The van der Waals surface area contributed by atoms with E-state index in [1.807, 2.05) is 61.7 Å². The molecule has 32 heavy (non-hydrogen) atoms. The molecule has 0 radical (unpaired) electrons. The molecule has 170 valence electrons. The summed E-state index contributed by atoms with van der Waals surface area (Å²) < 4.78 is 7.70. The summed E-state index contributed by atoms with van der Waals surface area (Å²) in [4.78, 5) is 14.9. The van der Waals surface area contributed by atoms with E-state index in [0.717, 1.165) is 22.9 Å². The Hall–Kier alpha value is -2.84. The van der Waals surface area contributed by atoms with Crippen LogP contribution in [0.25, 0.3) is 0 Å². The molecule has 8 nitrogen and oxygen atoms in total. The minimum absolute atomic E-state index is 0.233. The molecule has 0 spiro atoms. The molecule has 2 N–H and O–H groups in total. The molecular formula is C23H28ClN5O3. The molecule has 1 aliphatic rings. The van der Waals surface area contributed by atoms with Gasteiger partial charge in [-0.2, -0.15) is 0 Å². The molecule has 3 aromatic rings. The van der Waals surface area contributed by atoms with Crippen LogP contribution in [0.4, 0.5) is 4.79 Å². The third-order valence-electron chi connectivity index (χ3n) is 5.87. The molecule has 2 unspecified atom stereocenters. The second kappa shape index (κ2) is 9.34. The fraction of sp³-hybridized carbons (Fsp3) is 0.435. The first-order valence-corrected chi connectivity index (χ1v) is 11.2. The molecule has 0 bridgehead atoms. The minimum atomic E-state index is -0.627. The number of aryl methyl sites for hydroxylation is 2. The number of likely N-dealkylation sites (tertiary alicyclic amines) is 1. The van der Waals surface area contributed by atoms with Gasteiger partial charge in [-0.1, -0.05) is 30.7 Å². The number of β-amino-alcohol motifs (C(OH)–C–C–N with tert-alkyl or cyclic N) is 1. The van der Waals surface area contributed by atoms with E-state index in [4.69, 9.17) is 16.0 Å². The molecule has 0 saturated carbocycles. The van der Waals surface area contributed by atoms with Gasteiger partial charge in [0, 0.05) is 18.0 Å². The topological polar surface area (TPSA) is 96.4 Å². The normalized spacial score (nSPS) is 19.3. The fourth-order valence-corrected chi connectivity index (χ4v) is 4.27. The number of hydrogen-bond acceptors (Lipinski definition) is 5. The van der Waals surface area contributed by atoms with E-state index >= 15 is 0 Å². The van der Waals surface area contributed by atoms with Gasteiger partial charge < -0.3 is 24.3 Å². The number of furan rings is 1. The van der Waals surface area contributed by atoms with Gasteiger partial charge in [-0.25, -0.2) is 4.79 Å². The van der Waals surface area contributed by atoms with Gasteiger partial charge in [0.1, 0.15) is 17.3 Å². The number of hydrogen-bond donors (Lipinski definition) is 2. The van der Waals surface area contributed by atoms with E-state index in [9.17, 15) is 9.90 Å². The van der Waals surface area contributed by atoms with Crippen molar-refractivity contribution in [2.45, 2.75) is 58.3 Å². The number of nitrogens with one attached hydrogen (secondary N) is 1. The number of carbonyl (C=O) groups is 1. The van der Waals surface area contributed by atoms with Crippen molar-refractivity contribution in [3.63, 3.8) is 0 Å². The van der Waals surface area contributed by atoms with Gasteiger partial charge in [0.25, 0.3) is 0 Å². The average molecular weight is 458 g/mol. The number of nitrogens with zero attached hydrogens (tertiary/aromatic N) is 4. The smallest absolute Gasteiger partial charge is 0.318 e. The Morgan fingerprint density at radius 3 is 2.66 bits per heavy atom. The maximum Gasteiger partial charge on any atom is 0.318 e. The predicted octanol–water partition coefficient (Wildman–Crippen LogP) is 4.16. The van der Waals surface area contributed by atoms with Crippen molar-refractivity contribution < 1.29 is 14.3 Å². The van der Waals surface area contributed by atoms with Crippen LogP contribution in [0, 0.1) is 13.8 Å². The molecule has 4 rings (SSSR count). The molecule has 9 heteroatoms. The zero-order valence-electron chi connectivity index (χ0n) is 18.5. The van der Waals surface area contributed by atoms with Crippen molar-refractivity contribution in [1.29, 1.82) is 0 Å². The molecule has 3 heterocycles. The quantitative estimate of drug-likeness (QED) is 0.579. The third-order valence-corrected chi connectivity index (χ3v) is 6.12. The lowest BCUT2D eigenvalue weighted by atomic mass is 10.1. The Labute approximate surface area is 192 Å². The van der Waals surface area contributed by atoms with E-state index < -0.39 is 6.10 Å². The molecule has 1 saturated heterocycles. The number of benzene rings is 1. The Morgan fingerprint density at radius 2 is 2.00 bits per heavy atom. The van der Waals surface area contributed by atoms with Gasteiger partial charge in [0.2, 0.25) is 0 Å². The molecule has 2 aromatic heterocycles. The molecule has 3 atom stereocenters. The number of aliphatic hydroxyl groups is 1. The lowest BCUT2D eigenvalue weighted by Crippen LogP contribution is -2.42. The van der Waals surface area contributed by atoms with Crippen LogP contribution in [0.15, 0.2) is 40.8 Å². The van der Waals surface area contributed by atoms with Crippen LogP contribution in [0.2, 0.25) is 5.02 Å². The van der Waals surface area contributed by atoms with Crippen LogP contribution in [-0.2, 0) is 6.54 Å². The average Bonchev–Trinajstić information content (AvgIpc) is 3.47. The summed E-state index contributed by atoms with van der Waals surface area (Å²) in [6, 6.07) is 10.5. The molecule has 1 aromatic carbocycles. The summed E-state index contributed by atoms with van der Waals surface area (Å²) in [6.45, 7) is 6.54. The maximum absolute atomic E-state index is 13.2. The standard InChI is InChI=1S/C23H28ClN5O3/c1-4-19(21-10-5-14(2)32-21)25-23(31)29-13-18(30)11-20(29)22-27-26-15(3)28(22)12-16-6-8-17(24)9-7-16/h5-10,18-20,30H,4,11-13H2,1-3H3,(H,25,31)/t18-,19?,20?/m0/s1. The number of aromatic nitrogens is 3. The van der Waals surface area contributed by atoms with Crippen molar-refractivity contribution in [3.05, 3.63) is 70.2 Å². The van der Waals surface area contributed by atoms with Gasteiger partial charge in [0.05, 0.1) is 24.7 Å². The number of carbonyl (C=O) groups excluding carboxylic acids is 1. The van der Waals surface area contributed by atoms with Crippen LogP contribution >= 0.6 is 11.6 Å². The first-order valence-electron chi connectivity index (χ1n) is 10.8. The molecule has 0 aliphatic carbocycles. The lowest BCUT2D eigenvalue weighted by Gasteiger charge is -2.27. The molecule has 1 fully saturated rings. The number of halogens is 1. The number of urea groups is 1. The highest BCUT2D eigenvalue weighted by Crippen LogP contribution is 2.32. The Balaban J connectivity index is 1.56. The first kappa shape index (κ1) is 22.4. The zero-order chi connectivity index (χ0) is 22.8. The second-order valence-corrected chi connectivity index (χ2v) is 8.67. The van der Waals surface area contributed by atoms with Crippen molar-refractivity contribution in [2.24, 2.45) is 0 Å². The van der Waals surface area contributed by atoms with E-state index in [0.29, 0.717) is 30.2 Å². The summed E-state index contributed by atoms with van der Waals surface area (Å²) in [7, 11) is 0. The van der Waals surface area contributed by atoms with E-state index in [-0.39, 0.29) is 24.7 Å². The van der Waals surface area contributed by atoms with Gasteiger partial charge in [-0.05, 0) is 50.1 Å². The van der Waals surface area contributed by atoms with E-state index in [1.54, 1.807) is 4.90 Å². The van der Waals surface area contributed by atoms with Crippen molar-refractivity contribution in [2.75, 3.05) is 6.54 Å². The van der Waals surface area contributed by atoms with Crippen molar-refractivity contribution >= 4 is 17.6 Å². The van der Waals surface area contributed by atoms with Crippen LogP contribution in [0.1, 0.15) is 60.6 Å². The summed E-state index contributed by atoms with van der Waals surface area (Å²) in [5.74, 6) is 2.92. The highest BCUT2D eigenvalue weighted by molar-refractivity contribution is 6.30. The SMILES string of the molecule is CCC(NC(=O)N1C[C@@H](O)CC1c1nnc(C)n1Cc1ccc(Cl)cc1)c1ccc(C)o1. The van der Waals surface area contributed by atoms with Crippen LogP contribution in [0.5, 0.6) is 0 Å². The van der Waals surface area contributed by atoms with Crippen LogP contribution < -0.4 is 5.32 Å². The van der Waals surface area contributed by atoms with Crippen LogP contribution in [-0.4, -0.2) is 43.5 Å². The second-order valence-electron chi connectivity index (χ2n) is 8.23. The Bertz CT molecular complexity index is 1080. The highest BCUT2D eigenvalue weighted by Gasteiger charge is 2.39. The maximum atomic E-state index is 13.2. The lowest BCUT2D eigenvalue weighted by molar-refractivity contribution is 0.165. The predicted molar refractivity (Wildman–Crippen MR) is 120 cm³/mol. The fourth-order valence-electron chi connectivity index (χ4n) is 4.14. The van der Waals surface area contributed by atoms with E-state index in [1.165, 1.54) is 0 Å². The largest absolute Gasteiger partial charge is 0.464 e. The Morgan fingerprint density at radius 1 is 1.25 bits per heavy atom. The monoisotopic (exact) mass is 457 g/mol. The van der Waals surface area contributed by atoms with Crippen molar-refractivity contribution in [1.82, 2.24) is 25.0 Å². The number of amides is 2. The number of aliphatic hydroxyl groups excluding tert-OH is 1. The van der Waals surface area contributed by atoms with Gasteiger partial charge in [-0.15, -0.1) is 10.2 Å². The molecule has 1 aliphatic heterocycles. The summed E-state index contributed by atoms with van der Waals surface area (Å²) >= 11 is 6.01. The molecule has 2 amide bonds. The number of rotatable bonds is 6. The highest BCUT2D eigenvalue weighted by atomic mass is 35.5. The minimum Gasteiger partial charge on any atom is -0.464 e. The summed E-state index contributed by atoms with van der Waals surface area (Å²) in [5, 5.41) is 22.8. The van der Waals surface area contributed by atoms with Gasteiger partial charge >= 0.3 is 6.03 Å². The molecular weight excluding hydrogens is 430 g/mol. The first-order chi connectivity index (χ1) is 15.4. The van der Waals surface area contributed by atoms with Gasteiger partial charge in [-0.3, -0.25) is 0 Å². The van der Waals surface area contributed by atoms with Gasteiger partial charge in [0.15, 0.2) is 5.82 Å². The van der Waals surface area contributed by atoms with E-state index in [2.05, 4.69) is 15.5 Å².